The number of amides is 1. The fourth-order valence-electron chi connectivity index (χ4n) is 1.78. The van der Waals surface area contributed by atoms with E-state index in [1.165, 1.54) is 31.3 Å². The first-order valence-electron chi connectivity index (χ1n) is 5.91. The monoisotopic (exact) mass is 290 g/mol. The summed E-state index contributed by atoms with van der Waals surface area (Å²) < 4.78 is 12.7. The number of hydrogen-bond donors (Lipinski definition) is 2. The molecule has 1 amide bonds. The van der Waals surface area contributed by atoms with Gasteiger partial charge in [0.15, 0.2) is 0 Å². The number of nitrogens with zero attached hydrogens (tertiary/aromatic N) is 2. The Morgan fingerprint density at radius 1 is 1.33 bits per heavy atom. The third kappa shape index (κ3) is 3.11. The number of benzene rings is 1. The molecule has 8 heteroatoms. The number of aromatic nitrogens is 1. The fraction of sp³-hybridized carbons (Fsp3) is 0.0769. The average Bonchev–Trinajstić information content (AvgIpc) is 2.48. The summed E-state index contributed by atoms with van der Waals surface area (Å²) in [6.07, 6.45) is 0.960. The summed E-state index contributed by atoms with van der Waals surface area (Å²) in [5.41, 5.74) is -0.0165. The summed E-state index contributed by atoms with van der Waals surface area (Å²) in [5, 5.41) is 16.0. The third-order valence-corrected chi connectivity index (χ3v) is 2.70. The van der Waals surface area contributed by atoms with Crippen LogP contribution in [0.3, 0.4) is 0 Å². The Hall–Kier alpha value is -3.03. The zero-order valence-corrected chi connectivity index (χ0v) is 11.0. The molecule has 0 aliphatic carbocycles. The summed E-state index contributed by atoms with van der Waals surface area (Å²) in [5.74, 6) is -0.962. The van der Waals surface area contributed by atoms with E-state index in [1.54, 1.807) is 0 Å². The molecule has 0 aliphatic rings. The Bertz CT molecular complexity index is 688. The van der Waals surface area contributed by atoms with E-state index in [2.05, 4.69) is 15.6 Å². The average molecular weight is 290 g/mol. The van der Waals surface area contributed by atoms with Crippen molar-refractivity contribution in [3.8, 4) is 0 Å². The van der Waals surface area contributed by atoms with Gasteiger partial charge < -0.3 is 10.6 Å². The molecule has 0 atom stereocenters. The molecule has 2 aromatic rings. The van der Waals surface area contributed by atoms with E-state index in [1.807, 2.05) is 0 Å². The van der Waals surface area contributed by atoms with Crippen LogP contribution in [0, 0.1) is 15.9 Å². The molecule has 108 valence electrons. The molecule has 0 aliphatic heterocycles. The van der Waals surface area contributed by atoms with Crippen LogP contribution in [0.15, 0.2) is 36.5 Å². The second-order valence-corrected chi connectivity index (χ2v) is 4.02. The Morgan fingerprint density at radius 3 is 2.67 bits per heavy atom. The van der Waals surface area contributed by atoms with Crippen LogP contribution in [-0.4, -0.2) is 22.9 Å². The second kappa shape index (κ2) is 5.95. The lowest BCUT2D eigenvalue weighted by atomic mass is 10.1. The number of para-hydroxylation sites is 1. The minimum absolute atomic E-state index is 0.0952. The number of carbonyl (C=O) groups excluding carboxylic acids is 1. The Labute approximate surface area is 119 Å². The van der Waals surface area contributed by atoms with Gasteiger partial charge >= 0.3 is 0 Å². The molecule has 2 N–H and O–H groups in total. The van der Waals surface area contributed by atoms with Crippen LogP contribution in [-0.2, 0) is 0 Å². The first-order chi connectivity index (χ1) is 10.0. The molecular formula is C13H11FN4O3. The van der Waals surface area contributed by atoms with Crippen molar-refractivity contribution >= 4 is 23.1 Å². The summed E-state index contributed by atoms with van der Waals surface area (Å²) in [6.45, 7) is 0. The van der Waals surface area contributed by atoms with Gasteiger partial charge in [-0.05, 0) is 18.2 Å². The van der Waals surface area contributed by atoms with Gasteiger partial charge in [-0.2, -0.15) is 0 Å². The molecule has 0 saturated carbocycles. The van der Waals surface area contributed by atoms with Crippen molar-refractivity contribution in [2.45, 2.75) is 0 Å². The van der Waals surface area contributed by atoms with E-state index in [-0.39, 0.29) is 22.8 Å². The molecule has 0 bridgehead atoms. The zero-order chi connectivity index (χ0) is 15.4. The third-order valence-electron chi connectivity index (χ3n) is 2.70. The summed E-state index contributed by atoms with van der Waals surface area (Å²) in [7, 11) is 1.48. The van der Waals surface area contributed by atoms with Gasteiger partial charge in [0.05, 0.1) is 16.7 Å². The predicted octanol–water partition coefficient (Wildman–Crippen LogP) is 2.42. The van der Waals surface area contributed by atoms with Crippen LogP contribution in [0.25, 0.3) is 0 Å². The first-order valence-corrected chi connectivity index (χ1v) is 5.91. The molecular weight excluding hydrogens is 279 g/mol. The minimum atomic E-state index is -0.585. The molecule has 21 heavy (non-hydrogen) atoms. The molecule has 0 saturated heterocycles. The van der Waals surface area contributed by atoms with Gasteiger partial charge in [0, 0.05) is 13.1 Å². The van der Waals surface area contributed by atoms with E-state index in [9.17, 15) is 19.3 Å². The number of nitrogens with one attached hydrogen (secondary N) is 2. The van der Waals surface area contributed by atoms with E-state index in [0.29, 0.717) is 0 Å². The van der Waals surface area contributed by atoms with Gasteiger partial charge in [-0.3, -0.25) is 14.9 Å². The predicted molar refractivity (Wildman–Crippen MR) is 74.8 cm³/mol. The number of rotatable bonds is 4. The molecule has 1 heterocycles. The van der Waals surface area contributed by atoms with Gasteiger partial charge in [0.1, 0.15) is 17.3 Å². The van der Waals surface area contributed by atoms with Crippen LogP contribution in [0.5, 0.6) is 0 Å². The van der Waals surface area contributed by atoms with Crippen molar-refractivity contribution in [3.63, 3.8) is 0 Å². The van der Waals surface area contributed by atoms with Crippen molar-refractivity contribution in [2.75, 3.05) is 17.7 Å². The topological polar surface area (TPSA) is 97.2 Å². The highest BCUT2D eigenvalue weighted by Gasteiger charge is 2.20. The molecule has 1 aromatic carbocycles. The quantitative estimate of drug-likeness (QED) is 0.665. The van der Waals surface area contributed by atoms with Crippen LogP contribution >= 0.6 is 0 Å². The Morgan fingerprint density at radius 2 is 2.10 bits per heavy atom. The van der Waals surface area contributed by atoms with Crippen molar-refractivity contribution in [3.05, 3.63) is 58.0 Å². The second-order valence-electron chi connectivity index (χ2n) is 4.02. The highest BCUT2D eigenvalue weighted by Crippen LogP contribution is 2.28. The standard InChI is InChI=1S/C13H11FN4O3/c1-15-12-9(3-2-4-10(12)18(20)21)13(19)17-11-6-5-8(14)7-16-11/h2-7,15H,1H3,(H,16,17,19). The molecule has 7 nitrogen and oxygen atoms in total. The van der Waals surface area contributed by atoms with Crippen LogP contribution in [0.4, 0.5) is 21.6 Å². The van der Waals surface area contributed by atoms with Gasteiger partial charge in [0.25, 0.3) is 11.6 Å². The fourth-order valence-corrected chi connectivity index (χ4v) is 1.78. The summed E-state index contributed by atoms with van der Waals surface area (Å²) in [4.78, 5) is 26.2. The summed E-state index contributed by atoms with van der Waals surface area (Å²) >= 11 is 0. The van der Waals surface area contributed by atoms with Crippen molar-refractivity contribution in [1.82, 2.24) is 4.98 Å². The van der Waals surface area contributed by atoms with E-state index in [4.69, 9.17) is 0 Å². The molecule has 0 radical (unpaired) electrons. The van der Waals surface area contributed by atoms with E-state index >= 15 is 0 Å². The maximum absolute atomic E-state index is 12.7. The van der Waals surface area contributed by atoms with Gasteiger partial charge in [-0.15, -0.1) is 0 Å². The van der Waals surface area contributed by atoms with Crippen LogP contribution in [0.1, 0.15) is 10.4 Å². The maximum atomic E-state index is 12.7. The number of carbonyl (C=O) groups is 1. The number of nitro benzene ring substituents is 1. The van der Waals surface area contributed by atoms with Gasteiger partial charge in [0.2, 0.25) is 0 Å². The lowest BCUT2D eigenvalue weighted by Gasteiger charge is -2.09. The minimum Gasteiger partial charge on any atom is -0.382 e. The van der Waals surface area contributed by atoms with Crippen LogP contribution in [0.2, 0.25) is 0 Å². The normalized spacial score (nSPS) is 10.0. The highest BCUT2D eigenvalue weighted by atomic mass is 19.1. The van der Waals surface area contributed by atoms with Crippen LogP contribution < -0.4 is 10.6 Å². The van der Waals surface area contributed by atoms with Gasteiger partial charge in [-0.25, -0.2) is 9.37 Å². The number of halogens is 1. The zero-order valence-electron chi connectivity index (χ0n) is 11.0. The lowest BCUT2D eigenvalue weighted by Crippen LogP contribution is -2.15. The molecule has 1 aromatic heterocycles. The number of nitro groups is 1. The molecule has 0 spiro atoms. The SMILES string of the molecule is CNc1c(C(=O)Nc2ccc(F)cn2)cccc1[N+](=O)[O-]. The highest BCUT2D eigenvalue weighted by molar-refractivity contribution is 6.08. The Balaban J connectivity index is 2.33. The molecule has 0 unspecified atom stereocenters. The summed E-state index contributed by atoms with van der Waals surface area (Å²) in [6, 6.07) is 6.58. The number of pyridine rings is 1. The van der Waals surface area contributed by atoms with Crippen molar-refractivity contribution < 1.29 is 14.1 Å². The van der Waals surface area contributed by atoms with E-state index < -0.39 is 16.6 Å². The molecule has 0 fully saturated rings. The van der Waals surface area contributed by atoms with Gasteiger partial charge in [-0.1, -0.05) is 6.07 Å². The Kier molecular flexibility index (Phi) is 4.07. The van der Waals surface area contributed by atoms with E-state index in [0.717, 1.165) is 12.3 Å². The number of anilines is 2. The maximum Gasteiger partial charge on any atom is 0.293 e. The van der Waals surface area contributed by atoms with Crippen molar-refractivity contribution in [1.29, 1.82) is 0 Å². The number of hydrogen-bond acceptors (Lipinski definition) is 5. The molecule has 2 rings (SSSR count). The first kappa shape index (κ1) is 14.4. The lowest BCUT2D eigenvalue weighted by molar-refractivity contribution is -0.384. The smallest absolute Gasteiger partial charge is 0.293 e. The largest absolute Gasteiger partial charge is 0.382 e. The van der Waals surface area contributed by atoms with Crippen molar-refractivity contribution in [2.24, 2.45) is 0 Å².